The predicted octanol–water partition coefficient (Wildman–Crippen LogP) is 3.25. The van der Waals surface area contributed by atoms with Crippen LogP contribution in [0.1, 0.15) is 11.1 Å². The maximum atomic E-state index is 3.22. The summed E-state index contributed by atoms with van der Waals surface area (Å²) in [6.07, 6.45) is 0. The maximum absolute atomic E-state index is 3.22. The minimum atomic E-state index is 0. The zero-order valence-corrected chi connectivity index (χ0v) is 14.1. The summed E-state index contributed by atoms with van der Waals surface area (Å²) in [5.74, 6) is 0. The van der Waals surface area contributed by atoms with Crippen LogP contribution in [-0.4, -0.2) is 0 Å². The Morgan fingerprint density at radius 2 is 1.71 bits per heavy atom. The van der Waals surface area contributed by atoms with Gasteiger partial charge in [-0.15, -0.1) is 46.7 Å². The summed E-state index contributed by atoms with van der Waals surface area (Å²) in [4.78, 5) is 0. The van der Waals surface area contributed by atoms with Crippen molar-refractivity contribution in [3.8, 4) is 0 Å². The van der Waals surface area contributed by atoms with E-state index in [4.69, 9.17) is 0 Å². The summed E-state index contributed by atoms with van der Waals surface area (Å²) in [6, 6.07) is 13.8. The van der Waals surface area contributed by atoms with Gasteiger partial charge in [-0.2, -0.15) is 0 Å². The second kappa shape index (κ2) is 5.84. The maximum Gasteiger partial charge on any atom is 0 e. The number of benzene rings is 2. The molecular weight excluding hydrogens is 512 g/mol. The Hall–Kier alpha value is 0.0766. The van der Waals surface area contributed by atoms with Gasteiger partial charge in [0, 0.05) is 42.1 Å². The fourth-order valence-electron chi connectivity index (χ4n) is 1.46. The van der Waals surface area contributed by atoms with Gasteiger partial charge in [-0.05, 0) is 6.92 Å². The average molecular weight is 523 g/mol. The van der Waals surface area contributed by atoms with E-state index in [0.29, 0.717) is 0 Å². The van der Waals surface area contributed by atoms with E-state index in [0.717, 1.165) is 0 Å². The molecule has 2 rings (SSSR count). The van der Waals surface area contributed by atoms with E-state index < -0.39 is 0 Å². The van der Waals surface area contributed by atoms with E-state index in [-0.39, 0.29) is 42.1 Å². The van der Waals surface area contributed by atoms with Gasteiger partial charge in [-0.1, -0.05) is 18.6 Å². The van der Waals surface area contributed by atoms with Crippen molar-refractivity contribution in [2.75, 3.05) is 0 Å². The molecule has 0 aliphatic rings. The molecule has 0 nitrogen and oxygen atoms in total. The first-order valence-corrected chi connectivity index (χ1v) is 4.15. The van der Waals surface area contributed by atoms with Crippen molar-refractivity contribution in [3.63, 3.8) is 0 Å². The molecule has 0 heterocycles. The molecule has 0 unspecified atom stereocenters. The Bertz CT molecular complexity index is 422. The van der Waals surface area contributed by atoms with Crippen LogP contribution in [0.4, 0.5) is 0 Å². The van der Waals surface area contributed by atoms with Crippen LogP contribution in [0, 0.1) is 19.9 Å². The van der Waals surface area contributed by atoms with Gasteiger partial charge >= 0.3 is 0 Å². The van der Waals surface area contributed by atoms with Crippen molar-refractivity contribution in [2.45, 2.75) is 13.8 Å². The molecule has 72 valence electrons. The normalized spacial score (nSPS) is 9.00. The van der Waals surface area contributed by atoms with Gasteiger partial charge in [-0.3, -0.25) is 0 Å². The van der Waals surface area contributed by atoms with Crippen molar-refractivity contribution in [2.24, 2.45) is 0 Å². The Morgan fingerprint density at radius 1 is 1.00 bits per heavy atom. The predicted molar refractivity (Wildman–Crippen MR) is 52.3 cm³/mol. The Labute approximate surface area is 114 Å². The molecule has 0 aliphatic carbocycles. The summed E-state index contributed by atoms with van der Waals surface area (Å²) in [5, 5.41) is 2.53. The molecule has 0 spiro atoms. The number of rotatable bonds is 0. The minimum Gasteiger partial charge on any atom is -0.147 e. The molecule has 2 aromatic rings. The summed E-state index contributed by atoms with van der Waals surface area (Å²) < 4.78 is 0. The van der Waals surface area contributed by atoms with Gasteiger partial charge in [0.15, 0.2) is 0 Å². The molecule has 0 atom stereocenters. The zero-order chi connectivity index (χ0) is 8.55. The van der Waals surface area contributed by atoms with Crippen molar-refractivity contribution in [1.82, 2.24) is 0 Å². The average Bonchev–Trinajstić information content (AvgIpc) is 2.07. The molecule has 0 bridgehead atoms. The monoisotopic (exact) mass is 523 g/mol. The van der Waals surface area contributed by atoms with Gasteiger partial charge < -0.3 is 0 Å². The molecule has 0 aliphatic heterocycles. The number of hydrogen-bond acceptors (Lipinski definition) is 0. The summed E-state index contributed by atoms with van der Waals surface area (Å²) in [6.45, 7) is 4.25. The second-order valence-electron chi connectivity index (χ2n) is 3.21. The fraction of sp³-hybridized carbons (Fsp3) is 0.167. The molecule has 0 saturated heterocycles. The van der Waals surface area contributed by atoms with Crippen LogP contribution in [0.3, 0.4) is 0 Å². The van der Waals surface area contributed by atoms with Crippen molar-refractivity contribution in [1.29, 1.82) is 0 Å². The van der Waals surface area contributed by atoms with Gasteiger partial charge in [0.05, 0.1) is 0 Å². The molecule has 0 radical (unpaired) electrons. The summed E-state index contributed by atoms with van der Waals surface area (Å²) in [5.41, 5.74) is 2.64. The van der Waals surface area contributed by atoms with Crippen LogP contribution in [0.2, 0.25) is 0 Å². The molecule has 14 heavy (non-hydrogen) atoms. The third-order valence-electron chi connectivity index (χ3n) is 2.17. The van der Waals surface area contributed by atoms with Gasteiger partial charge in [0.25, 0.3) is 0 Å². The van der Waals surface area contributed by atoms with Crippen molar-refractivity contribution >= 4 is 10.8 Å². The minimum absolute atomic E-state index is 0. The molecule has 0 N–H and O–H groups in total. The quantitative estimate of drug-likeness (QED) is 0.466. The number of hydrogen-bond donors (Lipinski definition) is 0. The Kier molecular flexibility index (Phi) is 5.87. The van der Waals surface area contributed by atoms with E-state index in [9.17, 15) is 0 Å². The van der Waals surface area contributed by atoms with Crippen molar-refractivity contribution < 1.29 is 42.1 Å². The standard InChI is InChI=1S/C12H11.2W/c1-9-6-7-11-5-3-4-10(2)12(11)8-9;;/h3-4,6-8H,1-2H3;;/q-1;;. The van der Waals surface area contributed by atoms with E-state index in [1.54, 1.807) is 0 Å². The van der Waals surface area contributed by atoms with Crippen LogP contribution in [0.5, 0.6) is 0 Å². The Morgan fingerprint density at radius 3 is 2.43 bits per heavy atom. The molecule has 0 saturated carbocycles. The molecule has 2 heteroatoms. The SMILES string of the molecule is Cc1ccc2[c-]ccc(C)c2c1.[W].[W]. The first-order valence-electron chi connectivity index (χ1n) is 4.15. The van der Waals surface area contributed by atoms with Gasteiger partial charge in [0.1, 0.15) is 0 Å². The first-order chi connectivity index (χ1) is 5.77. The topological polar surface area (TPSA) is 0 Å². The van der Waals surface area contributed by atoms with Crippen molar-refractivity contribution in [3.05, 3.63) is 47.5 Å². The summed E-state index contributed by atoms with van der Waals surface area (Å²) in [7, 11) is 0. The van der Waals surface area contributed by atoms with E-state index in [1.807, 2.05) is 6.07 Å². The van der Waals surface area contributed by atoms with Gasteiger partial charge in [-0.25, -0.2) is 0 Å². The first kappa shape index (κ1) is 14.1. The Balaban J connectivity index is 0.000000845. The van der Waals surface area contributed by atoms with E-state index >= 15 is 0 Å². The van der Waals surface area contributed by atoms with Crippen LogP contribution in [-0.2, 0) is 42.1 Å². The fourth-order valence-corrected chi connectivity index (χ4v) is 1.46. The number of aryl methyl sites for hydroxylation is 2. The third-order valence-corrected chi connectivity index (χ3v) is 2.17. The van der Waals surface area contributed by atoms with Crippen LogP contribution in [0.15, 0.2) is 30.3 Å². The largest absolute Gasteiger partial charge is 0.147 e. The van der Waals surface area contributed by atoms with E-state index in [1.165, 1.54) is 21.9 Å². The smallest absolute Gasteiger partial charge is 0 e. The molecule has 0 fully saturated rings. The zero-order valence-electron chi connectivity index (χ0n) is 8.20. The van der Waals surface area contributed by atoms with Gasteiger partial charge in [0.2, 0.25) is 0 Å². The molecule has 0 aromatic heterocycles. The molecular formula is C12H11W2-. The number of fused-ring (bicyclic) bond motifs is 1. The summed E-state index contributed by atoms with van der Waals surface area (Å²) >= 11 is 0. The third kappa shape index (κ3) is 2.78. The van der Waals surface area contributed by atoms with Crippen LogP contribution in [0.25, 0.3) is 10.8 Å². The second-order valence-corrected chi connectivity index (χ2v) is 3.21. The molecule has 0 amide bonds. The van der Waals surface area contributed by atoms with Crippen LogP contribution >= 0.6 is 0 Å². The molecule has 2 aromatic carbocycles. The van der Waals surface area contributed by atoms with E-state index in [2.05, 4.69) is 44.2 Å². The van der Waals surface area contributed by atoms with Crippen LogP contribution < -0.4 is 0 Å².